The number of nitrogens with zero attached hydrogens (tertiary/aromatic N) is 2. The van der Waals surface area contributed by atoms with Crippen LogP contribution in [-0.2, 0) is 62.4 Å². The lowest BCUT2D eigenvalue weighted by Gasteiger charge is -2.28. The van der Waals surface area contributed by atoms with Gasteiger partial charge in [-0.2, -0.15) is 0 Å². The summed E-state index contributed by atoms with van der Waals surface area (Å²) in [5.74, 6) is -8.91. The van der Waals surface area contributed by atoms with Crippen molar-refractivity contribution in [2.24, 2.45) is 22.2 Å². The molecule has 7 amide bonds. The largest absolute Gasteiger partial charge is 0.481 e. The van der Waals surface area contributed by atoms with Crippen LogP contribution in [0.4, 0.5) is 0 Å². The molecule has 0 unspecified atom stereocenters. The normalized spacial score (nSPS) is 13.8. The van der Waals surface area contributed by atoms with Crippen molar-refractivity contribution in [3.63, 3.8) is 0 Å². The van der Waals surface area contributed by atoms with Gasteiger partial charge in [-0.25, -0.2) is 9.78 Å². The van der Waals surface area contributed by atoms with Gasteiger partial charge in [0.1, 0.15) is 42.3 Å². The molecule has 0 saturated carbocycles. The van der Waals surface area contributed by atoms with Gasteiger partial charge in [-0.05, 0) is 55.8 Å². The van der Waals surface area contributed by atoms with E-state index in [9.17, 15) is 53.4 Å². The Kier molecular flexibility index (Phi) is 23.5. The molecule has 0 bridgehead atoms. The summed E-state index contributed by atoms with van der Waals surface area (Å²) in [5.41, 5.74) is 19.0. The summed E-state index contributed by atoms with van der Waals surface area (Å²) in [4.78, 5) is 135. The zero-order chi connectivity index (χ0) is 54.2. The molecule has 25 nitrogen and oxygen atoms in total. The molecule has 7 atom stereocenters. The monoisotopic (exact) mass is 1030 g/mol. The number of rotatable bonds is 32. The first-order valence-corrected chi connectivity index (χ1v) is 24.2. The van der Waals surface area contributed by atoms with Crippen molar-refractivity contribution in [2.45, 2.75) is 127 Å². The third-order valence-corrected chi connectivity index (χ3v) is 11.7. The number of benzene rings is 2. The van der Waals surface area contributed by atoms with E-state index in [1.165, 1.54) is 19.4 Å². The summed E-state index contributed by atoms with van der Waals surface area (Å²) in [6.45, 7) is 3.26. The Bertz CT molecular complexity index is 2550. The van der Waals surface area contributed by atoms with E-state index in [-0.39, 0.29) is 70.4 Å². The lowest BCUT2D eigenvalue weighted by Crippen LogP contribution is -2.61. The second-order valence-corrected chi connectivity index (χ2v) is 17.6. The number of guanidine groups is 1. The number of aliphatic imine (C=N–C) groups is 1. The lowest BCUT2D eigenvalue weighted by molar-refractivity contribution is -0.142. The van der Waals surface area contributed by atoms with Crippen molar-refractivity contribution in [1.29, 1.82) is 0 Å². The summed E-state index contributed by atoms with van der Waals surface area (Å²) >= 11 is 0. The van der Waals surface area contributed by atoms with E-state index < -0.39 is 102 Å². The number of aromatic amines is 2. The predicted molar refractivity (Wildman–Crippen MR) is 271 cm³/mol. The predicted octanol–water partition coefficient (Wildman–Crippen LogP) is -1.13. The van der Waals surface area contributed by atoms with Crippen LogP contribution in [-0.4, -0.2) is 140 Å². The van der Waals surface area contributed by atoms with Crippen molar-refractivity contribution in [3.05, 3.63) is 90.1 Å². The molecule has 2 aromatic heterocycles. The number of hydrogen-bond donors (Lipinski definition) is 14. The van der Waals surface area contributed by atoms with E-state index in [4.69, 9.17) is 17.2 Å². The summed E-state index contributed by atoms with van der Waals surface area (Å²) in [6, 6.07) is 5.79. The highest BCUT2D eigenvalue weighted by molar-refractivity contribution is 5.98. The fraction of sp³-hybridized carbons (Fsp3) is 0.449. The number of carboxylic acids is 2. The molecule has 0 aliphatic carbocycles. The van der Waals surface area contributed by atoms with Crippen molar-refractivity contribution >= 4 is 70.2 Å². The van der Waals surface area contributed by atoms with E-state index in [1.807, 2.05) is 25.1 Å². The van der Waals surface area contributed by atoms with Crippen LogP contribution in [0, 0.1) is 0 Å². The molecule has 0 spiro atoms. The number of nitrogens with one attached hydrogen (secondary N) is 9. The van der Waals surface area contributed by atoms with Crippen LogP contribution in [0.5, 0.6) is 0 Å². The summed E-state index contributed by atoms with van der Waals surface area (Å²) in [5, 5.41) is 38.5. The molecule has 0 fully saturated rings. The van der Waals surface area contributed by atoms with Crippen molar-refractivity contribution < 1.29 is 53.4 Å². The van der Waals surface area contributed by atoms with Crippen LogP contribution >= 0.6 is 0 Å². The second-order valence-electron chi connectivity index (χ2n) is 17.6. The minimum Gasteiger partial charge on any atom is -0.481 e. The highest BCUT2D eigenvalue weighted by Crippen LogP contribution is 2.20. The highest BCUT2D eigenvalue weighted by atomic mass is 16.4. The molecule has 17 N–H and O–H groups in total. The number of carbonyl (C=O) groups is 9. The van der Waals surface area contributed by atoms with Crippen LogP contribution in [0.2, 0.25) is 0 Å². The lowest BCUT2D eigenvalue weighted by atomic mass is 10.0. The molecule has 25 heteroatoms. The van der Waals surface area contributed by atoms with Crippen molar-refractivity contribution in [3.8, 4) is 0 Å². The number of carbonyl (C=O) groups excluding carboxylic acids is 7. The molecule has 0 aliphatic heterocycles. The van der Waals surface area contributed by atoms with Gasteiger partial charge in [0.15, 0.2) is 5.96 Å². The quantitative estimate of drug-likeness (QED) is 0.0156. The van der Waals surface area contributed by atoms with Crippen molar-refractivity contribution in [1.82, 2.24) is 52.2 Å². The minimum atomic E-state index is -1.72. The van der Waals surface area contributed by atoms with Gasteiger partial charge in [-0.15, -0.1) is 0 Å². The first-order valence-electron chi connectivity index (χ1n) is 24.2. The average Bonchev–Trinajstić information content (AvgIpc) is 4.04. The Hall–Kier alpha value is -8.35. The highest BCUT2D eigenvalue weighted by Gasteiger charge is 2.35. The van der Waals surface area contributed by atoms with Gasteiger partial charge in [-0.3, -0.25) is 43.3 Å². The summed E-state index contributed by atoms with van der Waals surface area (Å²) < 4.78 is 0. The van der Waals surface area contributed by atoms with Gasteiger partial charge in [0, 0.05) is 61.7 Å². The Balaban J connectivity index is 1.68. The second kappa shape index (κ2) is 29.9. The number of amides is 7. The smallest absolute Gasteiger partial charge is 0.326 e. The fourth-order valence-corrected chi connectivity index (χ4v) is 7.91. The molecule has 400 valence electrons. The molecule has 4 rings (SSSR count). The Morgan fingerprint density at radius 2 is 1.15 bits per heavy atom. The molecule has 0 radical (unpaired) electrons. The summed E-state index contributed by atoms with van der Waals surface area (Å²) in [6.07, 6.45) is 4.63. The van der Waals surface area contributed by atoms with Gasteiger partial charge in [0.2, 0.25) is 41.4 Å². The standard InChI is InChI=1S/C49H68N14O11/c1-3-4-15-34(57-28(2)64)42(67)63-40(24-41(65)66)47(72)62-39(23-31-26-53-27-56-31)46(71)60-37(21-29-12-6-5-7-13-29)44(69)58-35(18-11-20-54-49(51)52)43(68)61-38(45(70)59-36(48(73)74)17-10-19-50)22-30-25-55-33-16-9-8-14-32(30)33/h5-9,12-14,16,25-27,34-40,55H,3-4,10-11,15,17-24,50H2,1-2H3,(H,53,56)(H,57,64)(H,58,69)(H,59,70)(H,60,71)(H,61,68)(H,62,72)(H,63,67)(H,65,66)(H,73,74)(H4,51,52,54)/t34-,35-,36-,37+,38-,39-,40-/m0/s1. The number of nitrogens with two attached hydrogens (primary N) is 3. The Morgan fingerprint density at radius 1 is 0.622 bits per heavy atom. The van der Waals surface area contributed by atoms with Crippen molar-refractivity contribution in [2.75, 3.05) is 13.1 Å². The average molecular weight is 1030 g/mol. The van der Waals surface area contributed by atoms with E-state index in [0.717, 1.165) is 10.9 Å². The number of imidazole rings is 1. The van der Waals surface area contributed by atoms with Crippen LogP contribution < -0.4 is 54.4 Å². The number of aliphatic carboxylic acids is 2. The zero-order valence-electron chi connectivity index (χ0n) is 41.4. The van der Waals surface area contributed by atoms with E-state index in [2.05, 4.69) is 57.2 Å². The maximum absolute atomic E-state index is 14.6. The summed E-state index contributed by atoms with van der Waals surface area (Å²) in [7, 11) is 0. The van der Waals surface area contributed by atoms with E-state index in [1.54, 1.807) is 42.6 Å². The Labute approximate surface area is 426 Å². The van der Waals surface area contributed by atoms with Crippen LogP contribution in [0.25, 0.3) is 10.9 Å². The number of H-pyrrole nitrogens is 2. The number of carboxylic acid groups (broad SMARTS) is 2. The van der Waals surface area contributed by atoms with Gasteiger partial charge in [0.25, 0.3) is 0 Å². The maximum atomic E-state index is 14.6. The number of hydrogen-bond acceptors (Lipinski definition) is 12. The molecular formula is C49H68N14O11. The zero-order valence-corrected chi connectivity index (χ0v) is 41.4. The number of fused-ring (bicyclic) bond motifs is 1. The molecule has 2 aromatic carbocycles. The maximum Gasteiger partial charge on any atom is 0.326 e. The number of unbranched alkanes of at least 4 members (excludes halogenated alkanes) is 1. The molecule has 74 heavy (non-hydrogen) atoms. The minimum absolute atomic E-state index is 0.00864. The third kappa shape index (κ3) is 19.3. The van der Waals surface area contributed by atoms with Crippen LogP contribution in [0.3, 0.4) is 0 Å². The Morgan fingerprint density at radius 3 is 1.73 bits per heavy atom. The van der Waals surface area contributed by atoms with Gasteiger partial charge >= 0.3 is 11.9 Å². The van der Waals surface area contributed by atoms with Gasteiger partial charge in [-0.1, -0.05) is 68.3 Å². The van der Waals surface area contributed by atoms with Gasteiger partial charge in [0.05, 0.1) is 12.7 Å². The first-order chi connectivity index (χ1) is 35.4. The first kappa shape index (κ1) is 58.2. The van der Waals surface area contributed by atoms with E-state index in [0.29, 0.717) is 29.7 Å². The van der Waals surface area contributed by atoms with Gasteiger partial charge < -0.3 is 74.6 Å². The molecular weight excluding hydrogens is 961 g/mol. The van der Waals surface area contributed by atoms with Crippen LogP contribution in [0.1, 0.15) is 82.0 Å². The fourth-order valence-electron chi connectivity index (χ4n) is 7.91. The topological polar surface area (TPSA) is 413 Å². The van der Waals surface area contributed by atoms with E-state index >= 15 is 0 Å². The number of aromatic nitrogens is 3. The molecule has 4 aromatic rings. The molecule has 0 saturated heterocycles. The number of para-hydroxylation sites is 1. The molecule has 2 heterocycles. The SMILES string of the molecule is CCCC[C@H](NC(C)=O)C(=O)N[C@@H](CC(=O)O)C(=O)N[C@@H](Cc1cnc[nH]1)C(=O)N[C@H](Cc1ccccc1)C(=O)N[C@@H](CCCN=C(N)N)C(=O)N[C@@H](Cc1c[nH]c2ccccc12)C(=O)N[C@@H](CCCN)C(=O)O. The third-order valence-electron chi connectivity index (χ3n) is 11.7. The molecule has 0 aliphatic rings. The van der Waals surface area contributed by atoms with Crippen LogP contribution in [0.15, 0.2) is 78.3 Å².